The third-order valence-electron chi connectivity index (χ3n) is 3.54. The minimum atomic E-state index is 0.752. The van der Waals surface area contributed by atoms with E-state index >= 15 is 0 Å². The van der Waals surface area contributed by atoms with Gasteiger partial charge in [-0.3, -0.25) is 0 Å². The zero-order valence-electron chi connectivity index (χ0n) is 10.3. The average molecular weight is 228 g/mol. The molecule has 0 unspecified atom stereocenters. The molecule has 0 aromatic heterocycles. The predicted octanol–water partition coefficient (Wildman–Crippen LogP) is 3.23. The van der Waals surface area contributed by atoms with Gasteiger partial charge in [0, 0.05) is 6.54 Å². The quantitative estimate of drug-likeness (QED) is 0.858. The van der Waals surface area contributed by atoms with Gasteiger partial charge in [0.25, 0.3) is 0 Å². The van der Waals surface area contributed by atoms with E-state index in [1.165, 1.54) is 37.7 Å². The summed E-state index contributed by atoms with van der Waals surface area (Å²) in [4.78, 5) is 0. The van der Waals surface area contributed by atoms with Gasteiger partial charge in [-0.25, -0.2) is 0 Å². The zero-order valence-corrected chi connectivity index (χ0v) is 10.3. The van der Waals surface area contributed by atoms with E-state index in [0.29, 0.717) is 0 Å². The molecule has 2 rings (SSSR count). The van der Waals surface area contributed by atoms with Crippen LogP contribution in [0, 0.1) is 17.2 Å². The molecule has 1 aromatic carbocycles. The lowest BCUT2D eigenvalue weighted by Crippen LogP contribution is -2.24. The second kappa shape index (κ2) is 6.42. The van der Waals surface area contributed by atoms with Crippen LogP contribution >= 0.6 is 0 Å². The maximum atomic E-state index is 8.82. The first-order chi connectivity index (χ1) is 8.38. The maximum absolute atomic E-state index is 8.82. The van der Waals surface area contributed by atoms with Crippen LogP contribution in [0.1, 0.15) is 43.2 Å². The molecular weight excluding hydrogens is 208 g/mol. The molecule has 1 N–H and O–H groups in total. The number of hydrogen-bond acceptors (Lipinski definition) is 2. The first-order valence-electron chi connectivity index (χ1n) is 6.58. The van der Waals surface area contributed by atoms with Crippen LogP contribution < -0.4 is 5.32 Å². The van der Waals surface area contributed by atoms with Gasteiger partial charge >= 0.3 is 0 Å². The summed E-state index contributed by atoms with van der Waals surface area (Å²) in [5.41, 5.74) is 1.96. The average Bonchev–Trinajstić information content (AvgIpc) is 2.40. The van der Waals surface area contributed by atoms with E-state index in [1.807, 2.05) is 18.2 Å². The molecular formula is C15H20N2. The molecule has 0 radical (unpaired) electrons. The number of hydrogen-bond donors (Lipinski definition) is 1. The molecule has 0 amide bonds. The fourth-order valence-electron chi connectivity index (χ4n) is 2.56. The van der Waals surface area contributed by atoms with Crippen LogP contribution in [0.4, 0.5) is 0 Å². The van der Waals surface area contributed by atoms with E-state index in [1.54, 1.807) is 0 Å². The summed E-state index contributed by atoms with van der Waals surface area (Å²) in [5.74, 6) is 0.864. The highest BCUT2D eigenvalue weighted by molar-refractivity contribution is 5.32. The van der Waals surface area contributed by atoms with E-state index in [9.17, 15) is 0 Å². The minimum Gasteiger partial charge on any atom is -0.312 e. The van der Waals surface area contributed by atoms with Crippen molar-refractivity contribution in [2.75, 3.05) is 6.54 Å². The van der Waals surface area contributed by atoms with Crippen LogP contribution in [0.2, 0.25) is 0 Å². The van der Waals surface area contributed by atoms with Crippen molar-refractivity contribution in [2.24, 2.45) is 5.92 Å². The number of nitrogens with zero attached hydrogens (tertiary/aromatic N) is 1. The molecule has 0 bridgehead atoms. The van der Waals surface area contributed by atoms with Crippen molar-refractivity contribution < 1.29 is 0 Å². The van der Waals surface area contributed by atoms with Gasteiger partial charge in [-0.1, -0.05) is 31.4 Å². The molecule has 0 aliphatic heterocycles. The highest BCUT2D eigenvalue weighted by Gasteiger charge is 2.12. The van der Waals surface area contributed by atoms with Crippen LogP contribution in [0.5, 0.6) is 0 Å². The number of nitrogens with one attached hydrogen (secondary N) is 1. The van der Waals surface area contributed by atoms with E-state index in [-0.39, 0.29) is 0 Å². The summed E-state index contributed by atoms with van der Waals surface area (Å²) in [6.45, 7) is 2.00. The second-order valence-electron chi connectivity index (χ2n) is 4.95. The standard InChI is InChI=1S/C15H20N2/c16-10-14-7-4-8-15(9-14)12-17-11-13-5-2-1-3-6-13/h4,7-9,13,17H,1-3,5-6,11-12H2. The van der Waals surface area contributed by atoms with Crippen LogP contribution in [0.15, 0.2) is 24.3 Å². The monoisotopic (exact) mass is 228 g/mol. The molecule has 90 valence electrons. The van der Waals surface area contributed by atoms with Gasteiger partial charge in [-0.15, -0.1) is 0 Å². The summed E-state index contributed by atoms with van der Waals surface area (Å²) in [7, 11) is 0. The summed E-state index contributed by atoms with van der Waals surface area (Å²) in [5, 5.41) is 12.3. The lowest BCUT2D eigenvalue weighted by molar-refractivity contribution is 0.342. The van der Waals surface area contributed by atoms with Crippen LogP contribution in [0.3, 0.4) is 0 Å². The van der Waals surface area contributed by atoms with Gasteiger partial charge in [0.15, 0.2) is 0 Å². The van der Waals surface area contributed by atoms with Crippen molar-refractivity contribution >= 4 is 0 Å². The molecule has 1 aromatic rings. The zero-order chi connectivity index (χ0) is 11.9. The minimum absolute atomic E-state index is 0.752. The highest BCUT2D eigenvalue weighted by atomic mass is 14.9. The predicted molar refractivity (Wildman–Crippen MR) is 69.4 cm³/mol. The molecule has 2 heteroatoms. The maximum Gasteiger partial charge on any atom is 0.0991 e. The second-order valence-corrected chi connectivity index (χ2v) is 4.95. The molecule has 0 heterocycles. The van der Waals surface area contributed by atoms with Crippen LogP contribution in [-0.4, -0.2) is 6.54 Å². The highest BCUT2D eigenvalue weighted by Crippen LogP contribution is 2.22. The summed E-state index contributed by atoms with van der Waals surface area (Å²) in [6, 6.07) is 10.0. The van der Waals surface area contributed by atoms with Gasteiger partial charge in [-0.05, 0) is 43.0 Å². The van der Waals surface area contributed by atoms with Crippen molar-refractivity contribution in [2.45, 2.75) is 38.6 Å². The fraction of sp³-hybridized carbons (Fsp3) is 0.533. The Hall–Kier alpha value is -1.33. The lowest BCUT2D eigenvalue weighted by Gasteiger charge is -2.21. The van der Waals surface area contributed by atoms with Gasteiger partial charge in [0.1, 0.15) is 0 Å². The first kappa shape index (κ1) is 12.1. The van der Waals surface area contributed by atoms with Crippen molar-refractivity contribution in [3.8, 4) is 6.07 Å². The Bertz CT molecular complexity index is 386. The molecule has 1 saturated carbocycles. The Balaban J connectivity index is 1.75. The van der Waals surface area contributed by atoms with Crippen LogP contribution in [0.25, 0.3) is 0 Å². The largest absolute Gasteiger partial charge is 0.312 e. The van der Waals surface area contributed by atoms with Gasteiger partial charge in [0.05, 0.1) is 11.6 Å². The number of rotatable bonds is 4. The smallest absolute Gasteiger partial charge is 0.0991 e. The third-order valence-corrected chi connectivity index (χ3v) is 3.54. The van der Waals surface area contributed by atoms with Crippen molar-refractivity contribution in [1.29, 1.82) is 5.26 Å². The molecule has 2 nitrogen and oxygen atoms in total. The van der Waals surface area contributed by atoms with E-state index in [0.717, 1.165) is 24.6 Å². The van der Waals surface area contributed by atoms with Gasteiger partial charge in [0.2, 0.25) is 0 Å². The van der Waals surface area contributed by atoms with Crippen molar-refractivity contribution in [1.82, 2.24) is 5.32 Å². The Kier molecular flexibility index (Phi) is 4.58. The van der Waals surface area contributed by atoms with Gasteiger partial charge in [-0.2, -0.15) is 5.26 Å². The summed E-state index contributed by atoms with van der Waals surface area (Å²) in [6.07, 6.45) is 6.98. The molecule has 1 aliphatic rings. The Labute approximate surface area is 104 Å². The summed E-state index contributed by atoms with van der Waals surface area (Å²) < 4.78 is 0. The molecule has 1 aliphatic carbocycles. The third kappa shape index (κ3) is 3.87. The normalized spacial score (nSPS) is 16.6. The van der Waals surface area contributed by atoms with Crippen molar-refractivity contribution in [3.63, 3.8) is 0 Å². The number of benzene rings is 1. The topological polar surface area (TPSA) is 35.8 Å². The molecule has 0 atom stereocenters. The molecule has 0 saturated heterocycles. The van der Waals surface area contributed by atoms with E-state index in [2.05, 4.69) is 17.5 Å². The van der Waals surface area contributed by atoms with Gasteiger partial charge < -0.3 is 5.32 Å². The number of nitriles is 1. The van der Waals surface area contributed by atoms with Crippen molar-refractivity contribution in [3.05, 3.63) is 35.4 Å². The van der Waals surface area contributed by atoms with Crippen LogP contribution in [-0.2, 0) is 6.54 Å². The SMILES string of the molecule is N#Cc1cccc(CNCC2CCCCC2)c1. The Morgan fingerprint density at radius 3 is 2.82 bits per heavy atom. The molecule has 1 fully saturated rings. The van der Waals surface area contributed by atoms with E-state index in [4.69, 9.17) is 5.26 Å². The summed E-state index contributed by atoms with van der Waals surface area (Å²) >= 11 is 0. The molecule has 0 spiro atoms. The first-order valence-corrected chi connectivity index (χ1v) is 6.58. The van der Waals surface area contributed by atoms with E-state index < -0.39 is 0 Å². The molecule has 17 heavy (non-hydrogen) atoms. The Morgan fingerprint density at radius 1 is 1.24 bits per heavy atom. The fourth-order valence-corrected chi connectivity index (χ4v) is 2.56. The lowest BCUT2D eigenvalue weighted by atomic mass is 9.89. The Morgan fingerprint density at radius 2 is 2.06 bits per heavy atom.